The average Bonchev–Trinajstić information content (AvgIpc) is 2.40. The summed E-state index contributed by atoms with van der Waals surface area (Å²) in [6.45, 7) is 12.5. The molecular weight excluding hydrogens is 244 g/mol. The van der Waals surface area contributed by atoms with E-state index in [-0.39, 0.29) is 0 Å². The lowest BCUT2D eigenvalue weighted by molar-refractivity contribution is 0.535. The van der Waals surface area contributed by atoms with E-state index in [0.717, 1.165) is 31.5 Å². The van der Waals surface area contributed by atoms with Crippen molar-refractivity contribution in [2.75, 3.05) is 25.0 Å². The fourth-order valence-corrected chi connectivity index (χ4v) is 2.23. The molecule has 1 rings (SSSR count). The highest BCUT2D eigenvalue weighted by Gasteiger charge is 2.08. The van der Waals surface area contributed by atoms with Crippen LogP contribution < -0.4 is 10.2 Å². The van der Waals surface area contributed by atoms with Crippen LogP contribution in [0.3, 0.4) is 0 Å². The number of hydrogen-bond acceptors (Lipinski definition) is 2. The van der Waals surface area contributed by atoms with E-state index in [1.54, 1.807) is 0 Å². The highest BCUT2D eigenvalue weighted by atomic mass is 15.1. The maximum atomic E-state index is 3.20. The van der Waals surface area contributed by atoms with Crippen molar-refractivity contribution in [3.63, 3.8) is 0 Å². The molecule has 0 fully saturated rings. The molecule has 2 nitrogen and oxygen atoms in total. The molecular formula is C18H32N2. The van der Waals surface area contributed by atoms with E-state index < -0.39 is 0 Å². The Morgan fingerprint density at radius 3 is 1.80 bits per heavy atom. The van der Waals surface area contributed by atoms with Gasteiger partial charge in [-0.2, -0.15) is 0 Å². The summed E-state index contributed by atoms with van der Waals surface area (Å²) in [6, 6.07) is 9.02. The lowest BCUT2D eigenvalue weighted by Gasteiger charge is -2.27. The van der Waals surface area contributed by atoms with E-state index in [2.05, 4.69) is 62.2 Å². The molecule has 0 unspecified atom stereocenters. The van der Waals surface area contributed by atoms with Crippen LogP contribution in [0.15, 0.2) is 24.3 Å². The molecule has 2 heteroatoms. The van der Waals surface area contributed by atoms with Gasteiger partial charge in [-0.3, -0.25) is 0 Å². The van der Waals surface area contributed by atoms with E-state index in [4.69, 9.17) is 0 Å². The maximum absolute atomic E-state index is 3.20. The fraction of sp³-hybridized carbons (Fsp3) is 0.667. The Kier molecular flexibility index (Phi) is 7.68. The first kappa shape index (κ1) is 17.0. The zero-order valence-corrected chi connectivity index (χ0v) is 13.9. The number of anilines is 1. The molecule has 0 saturated heterocycles. The molecule has 20 heavy (non-hydrogen) atoms. The van der Waals surface area contributed by atoms with Crippen molar-refractivity contribution >= 4 is 5.69 Å². The lowest BCUT2D eigenvalue weighted by Crippen LogP contribution is -2.27. The molecule has 1 N–H and O–H groups in total. The summed E-state index contributed by atoms with van der Waals surface area (Å²) in [4.78, 5) is 2.54. The monoisotopic (exact) mass is 276 g/mol. The van der Waals surface area contributed by atoms with Crippen molar-refractivity contribution < 1.29 is 0 Å². The van der Waals surface area contributed by atoms with E-state index in [1.165, 1.54) is 24.1 Å². The molecule has 0 aliphatic rings. The van der Waals surface area contributed by atoms with Crippen LogP contribution in [0.1, 0.15) is 46.1 Å². The molecule has 0 saturated carbocycles. The first-order chi connectivity index (χ1) is 9.52. The summed E-state index contributed by atoms with van der Waals surface area (Å²) < 4.78 is 0. The van der Waals surface area contributed by atoms with Gasteiger partial charge in [0, 0.05) is 25.3 Å². The molecule has 0 aliphatic heterocycles. The second-order valence-corrected chi connectivity index (χ2v) is 6.55. The average molecular weight is 276 g/mol. The molecule has 1 aromatic carbocycles. The Balaban J connectivity index is 2.69. The molecule has 0 aliphatic carbocycles. The number of nitrogens with one attached hydrogen (secondary N) is 1. The minimum Gasteiger partial charge on any atom is -0.372 e. The van der Waals surface area contributed by atoms with Crippen LogP contribution in [0.5, 0.6) is 0 Å². The third-order valence-electron chi connectivity index (χ3n) is 3.64. The van der Waals surface area contributed by atoms with Crippen molar-refractivity contribution in [3.05, 3.63) is 29.8 Å². The van der Waals surface area contributed by atoms with Gasteiger partial charge in [0.05, 0.1) is 0 Å². The van der Waals surface area contributed by atoms with Crippen molar-refractivity contribution in [1.29, 1.82) is 0 Å². The standard InChI is InChI=1S/C18H32N2/c1-15(2)10-12-20(13-11-16(3)4)18-8-6-17(7-9-18)14-19-5/h6-9,15-16,19H,10-14H2,1-5H3. The Hall–Kier alpha value is -1.02. The van der Waals surface area contributed by atoms with Crippen LogP contribution in [0, 0.1) is 11.8 Å². The maximum Gasteiger partial charge on any atom is 0.0366 e. The zero-order valence-electron chi connectivity index (χ0n) is 13.9. The van der Waals surface area contributed by atoms with Gasteiger partial charge in [-0.25, -0.2) is 0 Å². The normalized spacial score (nSPS) is 11.3. The zero-order chi connectivity index (χ0) is 15.0. The first-order valence-electron chi connectivity index (χ1n) is 8.01. The van der Waals surface area contributed by atoms with Gasteiger partial charge in [0.25, 0.3) is 0 Å². The van der Waals surface area contributed by atoms with Crippen LogP contribution in [-0.2, 0) is 6.54 Å². The molecule has 0 bridgehead atoms. The van der Waals surface area contributed by atoms with Crippen molar-refractivity contribution in [2.45, 2.75) is 47.1 Å². The van der Waals surface area contributed by atoms with Crippen LogP contribution in [0.4, 0.5) is 5.69 Å². The predicted molar refractivity (Wildman–Crippen MR) is 90.3 cm³/mol. The largest absolute Gasteiger partial charge is 0.372 e. The van der Waals surface area contributed by atoms with Gasteiger partial charge in [-0.15, -0.1) is 0 Å². The summed E-state index contributed by atoms with van der Waals surface area (Å²) in [5.41, 5.74) is 2.72. The van der Waals surface area contributed by atoms with Crippen LogP contribution >= 0.6 is 0 Å². The highest BCUT2D eigenvalue weighted by Crippen LogP contribution is 2.18. The number of benzene rings is 1. The summed E-state index contributed by atoms with van der Waals surface area (Å²) in [5, 5.41) is 3.20. The van der Waals surface area contributed by atoms with Gasteiger partial charge < -0.3 is 10.2 Å². The van der Waals surface area contributed by atoms with E-state index >= 15 is 0 Å². The Labute approximate surface area is 125 Å². The third-order valence-corrected chi connectivity index (χ3v) is 3.64. The number of rotatable bonds is 9. The number of nitrogens with zero attached hydrogens (tertiary/aromatic N) is 1. The Morgan fingerprint density at radius 2 is 1.40 bits per heavy atom. The Morgan fingerprint density at radius 1 is 0.900 bits per heavy atom. The van der Waals surface area contributed by atoms with Crippen molar-refractivity contribution in [1.82, 2.24) is 5.32 Å². The van der Waals surface area contributed by atoms with Gasteiger partial charge in [0.2, 0.25) is 0 Å². The van der Waals surface area contributed by atoms with Crippen LogP contribution in [0.2, 0.25) is 0 Å². The third kappa shape index (κ3) is 6.42. The molecule has 0 heterocycles. The minimum absolute atomic E-state index is 0.764. The summed E-state index contributed by atoms with van der Waals surface area (Å²) in [7, 11) is 1.99. The van der Waals surface area contributed by atoms with E-state index in [1.807, 2.05) is 7.05 Å². The minimum atomic E-state index is 0.764. The topological polar surface area (TPSA) is 15.3 Å². The van der Waals surface area contributed by atoms with Crippen LogP contribution in [0.25, 0.3) is 0 Å². The van der Waals surface area contributed by atoms with E-state index in [9.17, 15) is 0 Å². The van der Waals surface area contributed by atoms with Crippen molar-refractivity contribution in [2.24, 2.45) is 11.8 Å². The number of hydrogen-bond donors (Lipinski definition) is 1. The molecule has 114 valence electrons. The first-order valence-corrected chi connectivity index (χ1v) is 8.01. The molecule has 0 atom stereocenters. The fourth-order valence-electron chi connectivity index (χ4n) is 2.23. The highest BCUT2D eigenvalue weighted by molar-refractivity contribution is 5.47. The van der Waals surface area contributed by atoms with Crippen molar-refractivity contribution in [3.8, 4) is 0 Å². The second-order valence-electron chi connectivity index (χ2n) is 6.55. The smallest absolute Gasteiger partial charge is 0.0366 e. The summed E-state index contributed by atoms with van der Waals surface area (Å²) in [5.74, 6) is 1.53. The summed E-state index contributed by atoms with van der Waals surface area (Å²) >= 11 is 0. The van der Waals surface area contributed by atoms with E-state index in [0.29, 0.717) is 0 Å². The Bertz CT molecular complexity index is 342. The second kappa shape index (κ2) is 9.02. The lowest BCUT2D eigenvalue weighted by atomic mass is 10.1. The molecule has 0 aromatic heterocycles. The molecule has 0 radical (unpaired) electrons. The SMILES string of the molecule is CNCc1ccc(N(CCC(C)C)CCC(C)C)cc1. The van der Waals surface area contributed by atoms with Gasteiger partial charge in [-0.05, 0) is 49.4 Å². The van der Waals surface area contributed by atoms with Gasteiger partial charge in [0.1, 0.15) is 0 Å². The van der Waals surface area contributed by atoms with Crippen LogP contribution in [-0.4, -0.2) is 20.1 Å². The molecule has 0 amide bonds. The molecule has 1 aromatic rings. The quantitative estimate of drug-likeness (QED) is 0.723. The predicted octanol–water partition coefficient (Wildman–Crippen LogP) is 4.30. The van der Waals surface area contributed by atoms with Gasteiger partial charge >= 0.3 is 0 Å². The van der Waals surface area contributed by atoms with Gasteiger partial charge in [0.15, 0.2) is 0 Å². The van der Waals surface area contributed by atoms with Gasteiger partial charge in [-0.1, -0.05) is 39.8 Å². The summed E-state index contributed by atoms with van der Waals surface area (Å²) in [6.07, 6.45) is 2.52. The molecule has 0 spiro atoms.